The van der Waals surface area contributed by atoms with E-state index in [-0.39, 0.29) is 30.9 Å². The monoisotopic (exact) mass is 526 g/mol. The molecule has 5 aliphatic heterocycles. The number of pyridine rings is 1. The lowest BCUT2D eigenvalue weighted by Gasteiger charge is -2.37. The highest BCUT2D eigenvalue weighted by Crippen LogP contribution is 2.34. The number of fused-ring (bicyclic) bond motifs is 1. The second-order valence-corrected chi connectivity index (χ2v) is 10.9. The molecule has 1 aromatic heterocycles. The minimum atomic E-state index is -0.710. The Labute approximate surface area is 223 Å². The largest absolute Gasteiger partial charge is 0.422 e. The Morgan fingerprint density at radius 1 is 0.842 bits per heavy atom. The van der Waals surface area contributed by atoms with Crippen molar-refractivity contribution in [2.24, 2.45) is 0 Å². The van der Waals surface area contributed by atoms with Gasteiger partial charge in [-0.1, -0.05) is 0 Å². The zero-order chi connectivity index (χ0) is 26.1. The SMILES string of the molecule is O=C1CC(=O)N2CCCC2C1OCOC(=O)N1CCN(c2nc(N3CCCC3)ccc2N2CCCC2)CC1. The summed E-state index contributed by atoms with van der Waals surface area (Å²) in [5.74, 6) is 1.71. The molecule has 5 saturated heterocycles. The first-order valence-electron chi connectivity index (χ1n) is 14.2. The molecule has 11 nitrogen and oxygen atoms in total. The van der Waals surface area contributed by atoms with Gasteiger partial charge in [0.1, 0.15) is 11.9 Å². The predicted molar refractivity (Wildman–Crippen MR) is 141 cm³/mol. The molecule has 1 aromatic rings. The van der Waals surface area contributed by atoms with Crippen molar-refractivity contribution in [3.05, 3.63) is 12.1 Å². The van der Waals surface area contributed by atoms with Gasteiger partial charge in [0.25, 0.3) is 0 Å². The number of ether oxygens (including phenoxy) is 2. The number of piperidine rings is 1. The van der Waals surface area contributed by atoms with E-state index < -0.39 is 12.2 Å². The summed E-state index contributed by atoms with van der Waals surface area (Å²) in [6.07, 6.45) is 5.15. The number of carbonyl (C=O) groups excluding carboxylic acids is 3. The number of anilines is 3. The molecular formula is C27H38N6O5. The highest BCUT2D eigenvalue weighted by molar-refractivity contribution is 6.03. The number of hydrogen-bond donors (Lipinski definition) is 0. The molecule has 0 aliphatic carbocycles. The summed E-state index contributed by atoms with van der Waals surface area (Å²) < 4.78 is 11.1. The number of aromatic nitrogens is 1. The zero-order valence-electron chi connectivity index (χ0n) is 22.1. The molecular weight excluding hydrogens is 488 g/mol. The number of amides is 2. The van der Waals surface area contributed by atoms with Gasteiger partial charge in [-0.3, -0.25) is 9.59 Å². The van der Waals surface area contributed by atoms with Crippen LogP contribution >= 0.6 is 0 Å². The van der Waals surface area contributed by atoms with E-state index in [1.165, 1.54) is 31.4 Å². The van der Waals surface area contributed by atoms with Crippen molar-refractivity contribution in [3.63, 3.8) is 0 Å². The fourth-order valence-corrected chi connectivity index (χ4v) is 6.53. The van der Waals surface area contributed by atoms with Gasteiger partial charge >= 0.3 is 6.09 Å². The quantitative estimate of drug-likeness (QED) is 0.406. The minimum Gasteiger partial charge on any atom is -0.422 e. The Morgan fingerprint density at radius 2 is 1.55 bits per heavy atom. The van der Waals surface area contributed by atoms with Gasteiger partial charge in [0.15, 0.2) is 18.4 Å². The number of piperazine rings is 1. The van der Waals surface area contributed by atoms with Gasteiger partial charge in [-0.25, -0.2) is 9.78 Å². The van der Waals surface area contributed by atoms with Crippen LogP contribution in [0.15, 0.2) is 12.1 Å². The van der Waals surface area contributed by atoms with E-state index in [9.17, 15) is 14.4 Å². The molecule has 2 amide bonds. The number of ketones is 1. The Kier molecular flexibility index (Phi) is 7.27. The van der Waals surface area contributed by atoms with Crippen LogP contribution in [0.2, 0.25) is 0 Å². The van der Waals surface area contributed by atoms with Gasteiger partial charge in [0, 0.05) is 58.9 Å². The summed E-state index contributed by atoms with van der Waals surface area (Å²) in [4.78, 5) is 52.9. The van der Waals surface area contributed by atoms with Crippen LogP contribution in [0.3, 0.4) is 0 Å². The third-order valence-corrected chi connectivity index (χ3v) is 8.60. The number of carbonyl (C=O) groups is 3. The van der Waals surface area contributed by atoms with E-state index >= 15 is 0 Å². The highest BCUT2D eigenvalue weighted by Gasteiger charge is 2.44. The predicted octanol–water partition coefficient (Wildman–Crippen LogP) is 1.85. The second-order valence-electron chi connectivity index (χ2n) is 10.9. The first-order valence-corrected chi connectivity index (χ1v) is 14.2. The molecule has 0 N–H and O–H groups in total. The summed E-state index contributed by atoms with van der Waals surface area (Å²) >= 11 is 0. The first-order chi connectivity index (χ1) is 18.6. The van der Waals surface area contributed by atoms with Crippen LogP contribution in [-0.4, -0.2) is 110 Å². The van der Waals surface area contributed by atoms with Crippen molar-refractivity contribution >= 4 is 35.1 Å². The normalized spacial score (nSPS) is 25.9. The maximum atomic E-state index is 12.8. The maximum Gasteiger partial charge on any atom is 0.412 e. The van der Waals surface area contributed by atoms with Gasteiger partial charge in [-0.05, 0) is 50.7 Å². The van der Waals surface area contributed by atoms with E-state index in [0.717, 1.165) is 50.7 Å². The first kappa shape index (κ1) is 25.2. The van der Waals surface area contributed by atoms with Gasteiger partial charge in [0.05, 0.1) is 18.2 Å². The van der Waals surface area contributed by atoms with Crippen LogP contribution in [0.1, 0.15) is 44.9 Å². The second kappa shape index (κ2) is 11.0. The molecule has 206 valence electrons. The van der Waals surface area contributed by atoms with E-state index in [1.807, 2.05) is 0 Å². The highest BCUT2D eigenvalue weighted by atomic mass is 16.7. The average molecular weight is 527 g/mol. The fourth-order valence-electron chi connectivity index (χ4n) is 6.53. The van der Waals surface area contributed by atoms with Crippen LogP contribution < -0.4 is 14.7 Å². The number of rotatable bonds is 6. The number of hydrogen-bond acceptors (Lipinski definition) is 9. The van der Waals surface area contributed by atoms with Gasteiger partial charge < -0.3 is 34.0 Å². The fraction of sp³-hybridized carbons (Fsp3) is 0.704. The molecule has 0 spiro atoms. The smallest absolute Gasteiger partial charge is 0.412 e. The van der Waals surface area contributed by atoms with Gasteiger partial charge in [-0.2, -0.15) is 0 Å². The Morgan fingerprint density at radius 3 is 2.29 bits per heavy atom. The lowest BCUT2D eigenvalue weighted by Crippen LogP contribution is -2.54. The maximum absolute atomic E-state index is 12.8. The number of nitrogens with zero attached hydrogens (tertiary/aromatic N) is 6. The average Bonchev–Trinajstić information content (AvgIpc) is 3.73. The Hall–Kier alpha value is -3.08. The van der Waals surface area contributed by atoms with Crippen molar-refractivity contribution in [1.82, 2.24) is 14.8 Å². The van der Waals surface area contributed by atoms with Crippen LogP contribution in [-0.2, 0) is 19.1 Å². The summed E-state index contributed by atoms with van der Waals surface area (Å²) in [6, 6.07) is 4.15. The zero-order valence-corrected chi connectivity index (χ0v) is 22.1. The molecule has 6 heterocycles. The van der Waals surface area contributed by atoms with Crippen LogP contribution in [0.4, 0.5) is 22.1 Å². The van der Waals surface area contributed by atoms with E-state index in [0.29, 0.717) is 32.7 Å². The van der Waals surface area contributed by atoms with Crippen LogP contribution in [0.5, 0.6) is 0 Å². The molecule has 5 aliphatic rings. The molecule has 2 atom stereocenters. The summed E-state index contributed by atoms with van der Waals surface area (Å²) in [5, 5.41) is 0. The molecule has 11 heteroatoms. The molecule has 6 rings (SSSR count). The van der Waals surface area contributed by atoms with Crippen molar-refractivity contribution in [3.8, 4) is 0 Å². The third-order valence-electron chi connectivity index (χ3n) is 8.60. The minimum absolute atomic E-state index is 0.124. The number of Topliss-reactive ketones (excluding diaryl/α,β-unsaturated/α-hetero) is 1. The topological polar surface area (TPSA) is 98.8 Å². The molecule has 0 radical (unpaired) electrons. The van der Waals surface area contributed by atoms with Crippen LogP contribution in [0, 0.1) is 0 Å². The summed E-state index contributed by atoms with van der Waals surface area (Å²) in [5.41, 5.74) is 1.19. The molecule has 5 fully saturated rings. The lowest BCUT2D eigenvalue weighted by molar-refractivity contribution is -0.160. The summed E-state index contributed by atoms with van der Waals surface area (Å²) in [6.45, 7) is 7.00. The van der Waals surface area contributed by atoms with Crippen molar-refractivity contribution in [2.45, 2.75) is 57.1 Å². The summed E-state index contributed by atoms with van der Waals surface area (Å²) in [7, 11) is 0. The molecule has 0 bridgehead atoms. The third kappa shape index (κ3) is 5.00. The molecule has 0 saturated carbocycles. The van der Waals surface area contributed by atoms with Crippen LogP contribution in [0.25, 0.3) is 0 Å². The molecule has 2 unspecified atom stereocenters. The Balaban J connectivity index is 1.04. The van der Waals surface area contributed by atoms with Crippen molar-refractivity contribution < 1.29 is 23.9 Å². The lowest BCUT2D eigenvalue weighted by atomic mass is 9.97. The van der Waals surface area contributed by atoms with Crippen molar-refractivity contribution in [1.29, 1.82) is 0 Å². The van der Waals surface area contributed by atoms with Gasteiger partial charge in [-0.15, -0.1) is 0 Å². The van der Waals surface area contributed by atoms with Crippen molar-refractivity contribution in [2.75, 3.05) is 80.4 Å². The van der Waals surface area contributed by atoms with E-state index in [2.05, 4.69) is 26.8 Å². The molecule has 38 heavy (non-hydrogen) atoms. The standard InChI is InChI=1S/C27H38N6O5/c34-22-18-24(35)33-13-5-6-20(33)25(22)37-19-38-27(36)32-16-14-31(15-17-32)26-21(29-9-1-2-10-29)7-8-23(28-26)30-11-3-4-12-30/h7-8,20,25H,1-6,9-19H2. The van der Waals surface area contributed by atoms with E-state index in [1.54, 1.807) is 9.80 Å². The molecule has 0 aromatic carbocycles. The Bertz CT molecular complexity index is 1050. The van der Waals surface area contributed by atoms with Gasteiger partial charge in [0.2, 0.25) is 5.91 Å². The van der Waals surface area contributed by atoms with E-state index in [4.69, 9.17) is 14.5 Å².